The highest BCUT2D eigenvalue weighted by molar-refractivity contribution is 6.36. The third kappa shape index (κ3) is 6.25. The van der Waals surface area contributed by atoms with Crippen LogP contribution in [0.3, 0.4) is 0 Å². The number of carbonyl (C=O) groups excluding carboxylic acids is 1. The first-order valence-corrected chi connectivity index (χ1v) is 11.8. The molecule has 1 N–H and O–H groups in total. The monoisotopic (exact) mass is 488 g/mol. The summed E-state index contributed by atoms with van der Waals surface area (Å²) in [4.78, 5) is 19.4. The zero-order valence-electron chi connectivity index (χ0n) is 18.4. The third-order valence-electron chi connectivity index (χ3n) is 5.55. The topological polar surface area (TPSA) is 80.5 Å². The highest BCUT2D eigenvalue weighted by Gasteiger charge is 2.27. The van der Waals surface area contributed by atoms with Crippen LogP contribution in [0.25, 0.3) is 11.4 Å². The molecule has 3 aromatic rings. The summed E-state index contributed by atoms with van der Waals surface area (Å²) in [6.45, 7) is 5.04. The predicted molar refractivity (Wildman–Crippen MR) is 127 cm³/mol. The van der Waals surface area contributed by atoms with Crippen molar-refractivity contribution in [2.45, 2.75) is 32.9 Å². The molecule has 1 atom stereocenters. The number of ether oxygens (including phenoxy) is 1. The molecule has 0 radical (unpaired) electrons. The van der Waals surface area contributed by atoms with Crippen molar-refractivity contribution in [3.8, 4) is 17.1 Å². The van der Waals surface area contributed by atoms with Gasteiger partial charge in [-0.15, -0.1) is 0 Å². The normalized spacial score (nSPS) is 16.5. The Morgan fingerprint density at radius 2 is 2.15 bits per heavy atom. The van der Waals surface area contributed by atoms with Gasteiger partial charge in [0.15, 0.2) is 0 Å². The van der Waals surface area contributed by atoms with E-state index < -0.39 is 0 Å². The quantitative estimate of drug-likeness (QED) is 0.481. The van der Waals surface area contributed by atoms with Crippen LogP contribution in [-0.2, 0) is 17.9 Å². The lowest BCUT2D eigenvalue weighted by Crippen LogP contribution is -2.42. The van der Waals surface area contributed by atoms with Crippen LogP contribution in [0.5, 0.6) is 5.75 Å². The Hall–Kier alpha value is -2.61. The van der Waals surface area contributed by atoms with E-state index in [1.54, 1.807) is 18.2 Å². The van der Waals surface area contributed by atoms with Crippen molar-refractivity contribution >= 4 is 29.1 Å². The fraction of sp³-hybridized carbons (Fsp3) is 0.375. The van der Waals surface area contributed by atoms with Crippen LogP contribution in [0, 0.1) is 5.92 Å². The second-order valence-corrected chi connectivity index (χ2v) is 8.85. The first-order chi connectivity index (χ1) is 16.0. The summed E-state index contributed by atoms with van der Waals surface area (Å²) < 4.78 is 11.0. The first kappa shape index (κ1) is 23.5. The zero-order chi connectivity index (χ0) is 23.2. The number of rotatable bonds is 8. The second kappa shape index (κ2) is 11.0. The molecule has 1 saturated heterocycles. The molecular formula is C24H26Cl2N4O3. The van der Waals surface area contributed by atoms with E-state index >= 15 is 0 Å². The van der Waals surface area contributed by atoms with Crippen molar-refractivity contribution in [1.82, 2.24) is 20.4 Å². The number of hydrogen-bond donors (Lipinski definition) is 1. The van der Waals surface area contributed by atoms with E-state index in [0.717, 1.165) is 30.7 Å². The number of carbonyl (C=O) groups is 1. The van der Waals surface area contributed by atoms with Gasteiger partial charge in [-0.3, -0.25) is 9.69 Å². The van der Waals surface area contributed by atoms with E-state index in [1.807, 2.05) is 31.2 Å². The largest absolute Gasteiger partial charge is 0.494 e. The minimum absolute atomic E-state index is 0.0562. The summed E-state index contributed by atoms with van der Waals surface area (Å²) in [6.07, 6.45) is 1.79. The molecular weight excluding hydrogens is 463 g/mol. The molecule has 1 fully saturated rings. The molecule has 1 aromatic heterocycles. The molecule has 174 valence electrons. The molecule has 2 heterocycles. The Kier molecular flexibility index (Phi) is 7.85. The number of benzene rings is 2. The van der Waals surface area contributed by atoms with Crippen LogP contribution in [0.1, 0.15) is 31.2 Å². The summed E-state index contributed by atoms with van der Waals surface area (Å²) in [5.41, 5.74) is 1.68. The van der Waals surface area contributed by atoms with Gasteiger partial charge in [0.05, 0.1) is 24.1 Å². The van der Waals surface area contributed by atoms with Gasteiger partial charge < -0.3 is 14.6 Å². The lowest BCUT2D eigenvalue weighted by Gasteiger charge is -2.30. The lowest BCUT2D eigenvalue weighted by molar-refractivity contribution is -0.127. The van der Waals surface area contributed by atoms with Crippen LogP contribution in [0.2, 0.25) is 10.0 Å². The van der Waals surface area contributed by atoms with E-state index in [0.29, 0.717) is 53.6 Å². The number of halogens is 2. The van der Waals surface area contributed by atoms with E-state index in [1.165, 1.54) is 0 Å². The number of amides is 1. The van der Waals surface area contributed by atoms with Crippen molar-refractivity contribution < 1.29 is 14.1 Å². The molecule has 7 nitrogen and oxygen atoms in total. The highest BCUT2D eigenvalue weighted by Crippen LogP contribution is 2.28. The summed E-state index contributed by atoms with van der Waals surface area (Å²) in [7, 11) is 0. The van der Waals surface area contributed by atoms with Crippen LogP contribution in [-0.4, -0.2) is 40.6 Å². The van der Waals surface area contributed by atoms with E-state index in [2.05, 4.69) is 20.4 Å². The molecule has 0 spiro atoms. The van der Waals surface area contributed by atoms with Crippen LogP contribution in [0.4, 0.5) is 0 Å². The molecule has 33 heavy (non-hydrogen) atoms. The van der Waals surface area contributed by atoms with Crippen molar-refractivity contribution in [3.63, 3.8) is 0 Å². The van der Waals surface area contributed by atoms with Gasteiger partial charge in [-0.05, 0) is 62.2 Å². The van der Waals surface area contributed by atoms with E-state index in [4.69, 9.17) is 32.5 Å². The van der Waals surface area contributed by atoms with E-state index in [9.17, 15) is 4.79 Å². The predicted octanol–water partition coefficient (Wildman–Crippen LogP) is 4.97. The van der Waals surface area contributed by atoms with Crippen molar-refractivity contribution in [1.29, 1.82) is 0 Å². The van der Waals surface area contributed by atoms with Crippen LogP contribution < -0.4 is 10.1 Å². The zero-order valence-corrected chi connectivity index (χ0v) is 19.9. The SMILES string of the molecule is CCOc1cccc(CNC(=O)C2CCCN(Cc3nc(-c4ccc(Cl)cc4Cl)no3)C2)c1. The van der Waals surface area contributed by atoms with Crippen molar-refractivity contribution in [3.05, 3.63) is 64.0 Å². The maximum Gasteiger partial charge on any atom is 0.241 e. The van der Waals surface area contributed by atoms with E-state index in [-0.39, 0.29) is 11.8 Å². The first-order valence-electron chi connectivity index (χ1n) is 11.0. The number of nitrogens with zero attached hydrogens (tertiary/aromatic N) is 3. The van der Waals surface area contributed by atoms with Crippen LogP contribution >= 0.6 is 23.2 Å². The number of piperidine rings is 1. The average Bonchev–Trinajstić information content (AvgIpc) is 3.26. The van der Waals surface area contributed by atoms with Gasteiger partial charge in [-0.2, -0.15) is 4.98 Å². The molecule has 1 aliphatic rings. The minimum Gasteiger partial charge on any atom is -0.494 e. The molecule has 1 unspecified atom stereocenters. The number of hydrogen-bond acceptors (Lipinski definition) is 6. The Balaban J connectivity index is 1.32. The molecule has 0 aliphatic carbocycles. The minimum atomic E-state index is -0.0816. The van der Waals surface area contributed by atoms with Crippen molar-refractivity contribution in [2.24, 2.45) is 5.92 Å². The summed E-state index contributed by atoms with van der Waals surface area (Å²) in [6, 6.07) is 12.9. The van der Waals surface area contributed by atoms with Gasteiger partial charge in [0, 0.05) is 23.7 Å². The number of likely N-dealkylation sites (tertiary alicyclic amines) is 1. The van der Waals surface area contributed by atoms with Gasteiger partial charge in [-0.25, -0.2) is 0 Å². The third-order valence-corrected chi connectivity index (χ3v) is 6.10. The van der Waals surface area contributed by atoms with Crippen molar-refractivity contribution in [2.75, 3.05) is 19.7 Å². The molecule has 0 saturated carbocycles. The highest BCUT2D eigenvalue weighted by atomic mass is 35.5. The fourth-order valence-corrected chi connectivity index (χ4v) is 4.44. The fourth-order valence-electron chi connectivity index (χ4n) is 3.95. The van der Waals surface area contributed by atoms with Gasteiger partial charge in [0.2, 0.25) is 17.6 Å². The number of aromatic nitrogens is 2. The van der Waals surface area contributed by atoms with Crippen LogP contribution in [0.15, 0.2) is 47.0 Å². The Bertz CT molecular complexity index is 1100. The maximum absolute atomic E-state index is 12.8. The Morgan fingerprint density at radius 3 is 2.97 bits per heavy atom. The smallest absolute Gasteiger partial charge is 0.241 e. The van der Waals surface area contributed by atoms with Gasteiger partial charge in [-0.1, -0.05) is 40.5 Å². The molecule has 0 bridgehead atoms. The summed E-state index contributed by atoms with van der Waals surface area (Å²) in [5, 5.41) is 8.13. The Labute approximate surface area is 203 Å². The van der Waals surface area contributed by atoms with Gasteiger partial charge in [0.1, 0.15) is 5.75 Å². The molecule has 1 amide bonds. The van der Waals surface area contributed by atoms with Gasteiger partial charge in [0.25, 0.3) is 0 Å². The molecule has 9 heteroatoms. The maximum atomic E-state index is 12.8. The Morgan fingerprint density at radius 1 is 1.27 bits per heavy atom. The number of nitrogens with one attached hydrogen (secondary N) is 1. The summed E-state index contributed by atoms with van der Waals surface area (Å²) >= 11 is 12.2. The average molecular weight is 489 g/mol. The molecule has 2 aromatic carbocycles. The second-order valence-electron chi connectivity index (χ2n) is 8.01. The molecule has 1 aliphatic heterocycles. The standard InChI is InChI=1S/C24H26Cl2N4O3/c1-2-32-19-7-3-5-16(11-19)13-27-24(31)17-6-4-10-30(14-17)15-22-28-23(29-33-22)20-9-8-18(25)12-21(20)26/h3,5,7-9,11-12,17H,2,4,6,10,13-15H2,1H3,(H,27,31). The summed E-state index contributed by atoms with van der Waals surface area (Å²) in [5.74, 6) is 1.70. The molecule has 4 rings (SSSR count). The van der Waals surface area contributed by atoms with Gasteiger partial charge >= 0.3 is 0 Å². The lowest BCUT2D eigenvalue weighted by atomic mass is 9.97.